The molecule has 0 unspecified atom stereocenters. The molecule has 6 nitrogen and oxygen atoms in total. The fraction of sp³-hybridized carbons (Fsp3) is 0.300. The summed E-state index contributed by atoms with van der Waals surface area (Å²) in [7, 11) is 1.33. The van der Waals surface area contributed by atoms with Crippen LogP contribution < -0.4 is 15.1 Å². The number of rotatable bonds is 5. The summed E-state index contributed by atoms with van der Waals surface area (Å²) in [6.07, 6.45) is 0. The van der Waals surface area contributed by atoms with Gasteiger partial charge in [0.05, 0.1) is 38.9 Å². The Hall–Kier alpha value is -2.93. The number of piperazine rings is 1. The topological polar surface area (TPSA) is 63.1 Å². The van der Waals surface area contributed by atoms with Crippen molar-refractivity contribution in [3.05, 3.63) is 59.9 Å². The highest BCUT2D eigenvalue weighted by molar-refractivity contribution is 5.93. The molecule has 1 saturated heterocycles. The van der Waals surface area contributed by atoms with Crippen molar-refractivity contribution in [2.24, 2.45) is 0 Å². The van der Waals surface area contributed by atoms with Gasteiger partial charge in [-0.15, -0.1) is 0 Å². The quantitative estimate of drug-likeness (QED) is 0.768. The van der Waals surface area contributed by atoms with Crippen molar-refractivity contribution in [3.8, 4) is 0 Å². The van der Waals surface area contributed by atoms with E-state index in [1.165, 1.54) is 24.1 Å². The molecular weight excluding hydrogens is 349 g/mol. The summed E-state index contributed by atoms with van der Waals surface area (Å²) >= 11 is 0. The maximum Gasteiger partial charge on any atom is 0.337 e. The highest BCUT2D eigenvalue weighted by atomic mass is 19.1. The number of quaternary nitrogens is 1. The number of halogens is 1. The second-order valence-corrected chi connectivity index (χ2v) is 6.51. The van der Waals surface area contributed by atoms with Crippen LogP contribution in [0.2, 0.25) is 0 Å². The highest BCUT2D eigenvalue weighted by Gasteiger charge is 2.22. The number of hydrogen-bond acceptors (Lipinski definition) is 4. The largest absolute Gasteiger partial charge is 0.465 e. The average Bonchev–Trinajstić information content (AvgIpc) is 2.69. The van der Waals surface area contributed by atoms with E-state index in [0.29, 0.717) is 17.8 Å². The van der Waals surface area contributed by atoms with E-state index >= 15 is 0 Å². The Kier molecular flexibility index (Phi) is 6.03. The third-order valence-electron chi connectivity index (χ3n) is 4.66. The van der Waals surface area contributed by atoms with E-state index in [9.17, 15) is 14.0 Å². The second kappa shape index (κ2) is 8.64. The molecule has 142 valence electrons. The lowest BCUT2D eigenvalue weighted by molar-refractivity contribution is -0.892. The van der Waals surface area contributed by atoms with Crippen LogP contribution in [-0.4, -0.2) is 51.7 Å². The van der Waals surface area contributed by atoms with Crippen LogP contribution in [0, 0.1) is 5.82 Å². The van der Waals surface area contributed by atoms with Gasteiger partial charge in [-0.05, 0) is 48.5 Å². The number of carbonyl (C=O) groups excluding carboxylic acids is 2. The number of methoxy groups -OCH3 is 1. The number of benzene rings is 2. The van der Waals surface area contributed by atoms with Crippen LogP contribution in [0.25, 0.3) is 0 Å². The average molecular weight is 372 g/mol. The number of carbonyl (C=O) groups is 2. The fourth-order valence-corrected chi connectivity index (χ4v) is 3.15. The molecule has 1 heterocycles. The molecule has 1 aliphatic rings. The van der Waals surface area contributed by atoms with Gasteiger partial charge in [0.15, 0.2) is 6.54 Å². The van der Waals surface area contributed by atoms with Crippen LogP contribution in [0.5, 0.6) is 0 Å². The normalized spacial score (nSPS) is 14.7. The Balaban J connectivity index is 1.46. The first-order chi connectivity index (χ1) is 13.0. The number of anilines is 2. The van der Waals surface area contributed by atoms with E-state index in [1.54, 1.807) is 36.4 Å². The minimum Gasteiger partial charge on any atom is -0.465 e. The van der Waals surface area contributed by atoms with Crippen molar-refractivity contribution in [1.82, 2.24) is 0 Å². The van der Waals surface area contributed by atoms with Gasteiger partial charge in [0.2, 0.25) is 0 Å². The molecular formula is C20H23FN3O3+. The van der Waals surface area contributed by atoms with Crippen molar-refractivity contribution in [1.29, 1.82) is 0 Å². The predicted octanol–water partition coefficient (Wildman–Crippen LogP) is 0.956. The Morgan fingerprint density at radius 3 is 2.30 bits per heavy atom. The van der Waals surface area contributed by atoms with Crippen LogP contribution in [0.3, 0.4) is 0 Å². The molecule has 27 heavy (non-hydrogen) atoms. The van der Waals surface area contributed by atoms with Crippen LogP contribution in [0.4, 0.5) is 15.8 Å². The Morgan fingerprint density at radius 1 is 1.07 bits per heavy atom. The van der Waals surface area contributed by atoms with E-state index in [-0.39, 0.29) is 11.7 Å². The van der Waals surface area contributed by atoms with E-state index < -0.39 is 5.97 Å². The summed E-state index contributed by atoms with van der Waals surface area (Å²) in [5.41, 5.74) is 2.10. The number of hydrogen-bond donors (Lipinski definition) is 2. The molecule has 0 aromatic heterocycles. The number of esters is 1. The Labute approximate surface area is 157 Å². The summed E-state index contributed by atoms with van der Waals surface area (Å²) in [5, 5.41) is 2.86. The zero-order chi connectivity index (χ0) is 19.2. The van der Waals surface area contributed by atoms with Gasteiger partial charge in [0.25, 0.3) is 5.91 Å². The molecule has 0 aliphatic carbocycles. The van der Waals surface area contributed by atoms with E-state index in [1.807, 2.05) is 0 Å². The third-order valence-corrected chi connectivity index (χ3v) is 4.66. The van der Waals surface area contributed by atoms with Crippen molar-refractivity contribution in [3.63, 3.8) is 0 Å². The molecule has 0 atom stereocenters. The lowest BCUT2D eigenvalue weighted by Gasteiger charge is -2.33. The second-order valence-electron chi connectivity index (χ2n) is 6.51. The lowest BCUT2D eigenvalue weighted by Crippen LogP contribution is -3.15. The smallest absolute Gasteiger partial charge is 0.337 e. The number of ether oxygens (including phenoxy) is 1. The molecule has 2 aromatic carbocycles. The Morgan fingerprint density at radius 2 is 1.70 bits per heavy atom. The van der Waals surface area contributed by atoms with Gasteiger partial charge in [-0.25, -0.2) is 9.18 Å². The molecule has 1 amide bonds. The molecule has 2 aromatic rings. The highest BCUT2D eigenvalue weighted by Crippen LogP contribution is 2.14. The molecule has 2 N–H and O–H groups in total. The van der Waals surface area contributed by atoms with Crippen molar-refractivity contribution in [2.75, 3.05) is 50.1 Å². The van der Waals surface area contributed by atoms with Gasteiger partial charge in [-0.1, -0.05) is 0 Å². The van der Waals surface area contributed by atoms with Crippen molar-refractivity contribution >= 4 is 23.3 Å². The maximum absolute atomic E-state index is 13.0. The van der Waals surface area contributed by atoms with Crippen LogP contribution >= 0.6 is 0 Å². The summed E-state index contributed by atoms with van der Waals surface area (Å²) in [4.78, 5) is 27.1. The van der Waals surface area contributed by atoms with Gasteiger partial charge < -0.3 is 19.9 Å². The molecule has 0 spiro atoms. The number of nitrogens with zero attached hydrogens (tertiary/aromatic N) is 1. The first-order valence-corrected chi connectivity index (χ1v) is 8.87. The van der Waals surface area contributed by atoms with Crippen LogP contribution in [-0.2, 0) is 9.53 Å². The summed E-state index contributed by atoms with van der Waals surface area (Å²) in [6, 6.07) is 13.1. The Bertz CT molecular complexity index is 785. The SMILES string of the molecule is COC(=O)c1ccc(NC(=O)C[NH+]2CCN(c3ccc(F)cc3)CC2)cc1. The molecule has 1 aliphatic heterocycles. The number of nitrogens with one attached hydrogen (secondary N) is 2. The van der Waals surface area contributed by atoms with E-state index in [0.717, 1.165) is 31.9 Å². The zero-order valence-corrected chi connectivity index (χ0v) is 15.2. The molecule has 3 rings (SSSR count). The van der Waals surface area contributed by atoms with Gasteiger partial charge in [-0.2, -0.15) is 0 Å². The maximum atomic E-state index is 13.0. The first-order valence-electron chi connectivity index (χ1n) is 8.87. The van der Waals surface area contributed by atoms with Crippen molar-refractivity contribution in [2.45, 2.75) is 0 Å². The third kappa shape index (κ3) is 5.04. The minimum atomic E-state index is -0.406. The monoisotopic (exact) mass is 372 g/mol. The van der Waals surface area contributed by atoms with Gasteiger partial charge >= 0.3 is 5.97 Å². The molecule has 0 saturated carbocycles. The van der Waals surface area contributed by atoms with Gasteiger partial charge in [0, 0.05) is 11.4 Å². The molecule has 0 bridgehead atoms. The zero-order valence-electron chi connectivity index (χ0n) is 15.2. The van der Waals surface area contributed by atoms with Gasteiger partial charge in [0.1, 0.15) is 5.82 Å². The summed E-state index contributed by atoms with van der Waals surface area (Å²) in [6.45, 7) is 3.71. The van der Waals surface area contributed by atoms with E-state index in [4.69, 9.17) is 0 Å². The van der Waals surface area contributed by atoms with Gasteiger partial charge in [-0.3, -0.25) is 4.79 Å². The van der Waals surface area contributed by atoms with E-state index in [2.05, 4.69) is 15.0 Å². The fourth-order valence-electron chi connectivity index (χ4n) is 3.15. The first kappa shape index (κ1) is 18.8. The van der Waals surface area contributed by atoms with Crippen molar-refractivity contribution < 1.29 is 23.6 Å². The van der Waals surface area contributed by atoms with Crippen LogP contribution in [0.1, 0.15) is 10.4 Å². The summed E-state index contributed by atoms with van der Waals surface area (Å²) < 4.78 is 17.7. The minimum absolute atomic E-state index is 0.0638. The van der Waals surface area contributed by atoms with Crippen LogP contribution in [0.15, 0.2) is 48.5 Å². The summed E-state index contributed by atoms with van der Waals surface area (Å²) in [5.74, 6) is -0.707. The standard InChI is InChI=1S/C20H22FN3O3/c1-27-20(26)15-2-6-17(7-3-15)22-19(25)14-23-10-12-24(13-11-23)18-8-4-16(21)5-9-18/h2-9H,10-14H2,1H3,(H,22,25)/p+1. The molecule has 0 radical (unpaired) electrons. The predicted molar refractivity (Wildman–Crippen MR) is 101 cm³/mol. The lowest BCUT2D eigenvalue weighted by atomic mass is 10.2. The molecule has 1 fully saturated rings. The molecule has 7 heteroatoms. The number of amides is 1.